The minimum atomic E-state index is -0.315. The van der Waals surface area contributed by atoms with Gasteiger partial charge in [0.25, 0.3) is 0 Å². The summed E-state index contributed by atoms with van der Waals surface area (Å²) in [4.78, 5) is 18.4. The molecule has 3 heterocycles. The first-order valence-corrected chi connectivity index (χ1v) is 11.6. The fourth-order valence-electron chi connectivity index (χ4n) is 4.31. The first-order valence-electron chi connectivity index (χ1n) is 11.2. The third-order valence-electron chi connectivity index (χ3n) is 6.03. The molecule has 0 saturated carbocycles. The van der Waals surface area contributed by atoms with Gasteiger partial charge in [-0.25, -0.2) is 9.78 Å². The molecule has 10 heteroatoms. The summed E-state index contributed by atoms with van der Waals surface area (Å²) in [6.45, 7) is 4.85. The van der Waals surface area contributed by atoms with Crippen LogP contribution in [0.15, 0.2) is 47.3 Å². The van der Waals surface area contributed by atoms with Crippen molar-refractivity contribution in [1.29, 1.82) is 0 Å². The number of halogens is 1. The number of hydrogen-bond donors (Lipinski definition) is 0. The minimum Gasteiger partial charge on any atom is -0.493 e. The van der Waals surface area contributed by atoms with Crippen LogP contribution in [0, 0.1) is 13.8 Å². The van der Waals surface area contributed by atoms with Crippen LogP contribution in [0.25, 0.3) is 16.6 Å². The van der Waals surface area contributed by atoms with Crippen molar-refractivity contribution < 1.29 is 9.47 Å². The Bertz CT molecular complexity index is 1620. The molecule has 0 saturated heterocycles. The molecule has 0 fully saturated rings. The molecular formula is C25H25ClN6O3. The Morgan fingerprint density at radius 3 is 2.43 bits per heavy atom. The highest BCUT2D eigenvalue weighted by Gasteiger charge is 2.19. The number of rotatable bonds is 7. The Labute approximate surface area is 206 Å². The van der Waals surface area contributed by atoms with Gasteiger partial charge in [0.15, 0.2) is 23.0 Å². The summed E-state index contributed by atoms with van der Waals surface area (Å²) in [7, 11) is 3.14. The monoisotopic (exact) mass is 492 g/mol. The number of fused-ring (bicyclic) bond motifs is 3. The Morgan fingerprint density at radius 2 is 1.74 bits per heavy atom. The molecule has 0 bridgehead atoms. The van der Waals surface area contributed by atoms with Gasteiger partial charge in [0.05, 0.1) is 32.0 Å². The quantitative estimate of drug-likeness (QED) is 0.343. The summed E-state index contributed by atoms with van der Waals surface area (Å²) >= 11 is 6.42. The van der Waals surface area contributed by atoms with E-state index in [-0.39, 0.29) is 12.2 Å². The molecule has 0 spiro atoms. The zero-order valence-corrected chi connectivity index (χ0v) is 20.7. The molecular weight excluding hydrogens is 468 g/mol. The van der Waals surface area contributed by atoms with E-state index in [1.165, 1.54) is 4.52 Å². The zero-order chi connectivity index (χ0) is 24.7. The summed E-state index contributed by atoms with van der Waals surface area (Å²) < 4.78 is 15.9. The molecule has 0 aliphatic rings. The third-order valence-corrected chi connectivity index (χ3v) is 6.40. The van der Waals surface area contributed by atoms with E-state index < -0.39 is 0 Å². The van der Waals surface area contributed by atoms with E-state index in [2.05, 4.69) is 10.2 Å². The maximum absolute atomic E-state index is 13.6. The number of ether oxygens (including phenoxy) is 2. The molecule has 0 aliphatic carbocycles. The molecule has 9 nitrogen and oxygen atoms in total. The van der Waals surface area contributed by atoms with E-state index in [0.29, 0.717) is 46.5 Å². The van der Waals surface area contributed by atoms with Crippen LogP contribution in [-0.4, -0.2) is 43.2 Å². The van der Waals surface area contributed by atoms with Gasteiger partial charge in [0, 0.05) is 35.1 Å². The molecule has 5 aromatic rings. The molecule has 35 heavy (non-hydrogen) atoms. The number of nitrogens with zero attached hydrogens (tertiary/aromatic N) is 6. The molecule has 0 radical (unpaired) electrons. The molecule has 0 unspecified atom stereocenters. The predicted molar refractivity (Wildman–Crippen MR) is 134 cm³/mol. The van der Waals surface area contributed by atoms with Crippen molar-refractivity contribution in [1.82, 2.24) is 28.9 Å². The second-order valence-electron chi connectivity index (χ2n) is 8.35. The van der Waals surface area contributed by atoms with E-state index in [0.717, 1.165) is 22.3 Å². The van der Waals surface area contributed by atoms with Gasteiger partial charge < -0.3 is 9.47 Å². The third kappa shape index (κ3) is 4.12. The fraction of sp³-hybridized carbons (Fsp3) is 0.280. The highest BCUT2D eigenvalue weighted by Crippen LogP contribution is 2.33. The first-order chi connectivity index (χ1) is 16.9. The lowest BCUT2D eigenvalue weighted by Crippen LogP contribution is -2.28. The van der Waals surface area contributed by atoms with Crippen LogP contribution in [0.3, 0.4) is 0 Å². The number of aryl methyl sites for hydroxylation is 4. The average Bonchev–Trinajstić information content (AvgIpc) is 3.43. The van der Waals surface area contributed by atoms with Gasteiger partial charge in [-0.05, 0) is 37.6 Å². The lowest BCUT2D eigenvalue weighted by atomic mass is 10.1. The number of benzene rings is 2. The molecule has 3 aromatic heterocycles. The standard InChI is InChI=1S/C25H25ClN6O3/c1-15-11-16(2)31(28-15)10-9-23-27-24-18-12-21(34-3)22(35-4)13-20(18)30(25(33)32(24)29-23)14-17-7-5-6-8-19(17)26/h5-8,11-13H,9-10,14H2,1-4H3. The summed E-state index contributed by atoms with van der Waals surface area (Å²) in [5.74, 6) is 1.61. The molecule has 0 amide bonds. The van der Waals surface area contributed by atoms with Crippen molar-refractivity contribution in [2.24, 2.45) is 0 Å². The number of aromatic nitrogens is 6. The smallest absolute Gasteiger partial charge is 0.351 e. The second kappa shape index (κ2) is 9.07. The van der Waals surface area contributed by atoms with Gasteiger partial charge in [-0.15, -0.1) is 5.10 Å². The van der Waals surface area contributed by atoms with Crippen LogP contribution in [0.2, 0.25) is 5.02 Å². The highest BCUT2D eigenvalue weighted by atomic mass is 35.5. The van der Waals surface area contributed by atoms with E-state index in [1.54, 1.807) is 30.9 Å². The highest BCUT2D eigenvalue weighted by molar-refractivity contribution is 6.31. The van der Waals surface area contributed by atoms with Crippen LogP contribution in [0.4, 0.5) is 0 Å². The van der Waals surface area contributed by atoms with Gasteiger partial charge in [-0.2, -0.15) is 9.61 Å². The van der Waals surface area contributed by atoms with Crippen molar-refractivity contribution >= 4 is 28.2 Å². The van der Waals surface area contributed by atoms with Crippen molar-refractivity contribution in [2.75, 3.05) is 14.2 Å². The summed E-state index contributed by atoms with van der Waals surface area (Å²) in [5, 5.41) is 10.4. The molecule has 2 aromatic carbocycles. The topological polar surface area (TPSA) is 88.5 Å². The fourth-order valence-corrected chi connectivity index (χ4v) is 4.51. The molecule has 0 aliphatic heterocycles. The Morgan fingerprint density at radius 1 is 1.00 bits per heavy atom. The molecule has 0 N–H and O–H groups in total. The van der Waals surface area contributed by atoms with E-state index in [9.17, 15) is 4.79 Å². The van der Waals surface area contributed by atoms with Gasteiger partial charge in [0.2, 0.25) is 0 Å². The van der Waals surface area contributed by atoms with Crippen LogP contribution in [-0.2, 0) is 19.5 Å². The Balaban J connectivity index is 1.68. The normalized spacial score (nSPS) is 11.5. The van der Waals surface area contributed by atoms with Crippen molar-refractivity contribution in [2.45, 2.75) is 33.4 Å². The SMILES string of the molecule is COc1cc2c(cc1OC)n(Cc1ccccc1Cl)c(=O)n1nc(CCn3nc(C)cc3C)nc21. The van der Waals surface area contributed by atoms with Crippen LogP contribution < -0.4 is 15.2 Å². The lowest BCUT2D eigenvalue weighted by Gasteiger charge is -2.15. The van der Waals surface area contributed by atoms with Gasteiger partial charge >= 0.3 is 5.69 Å². The van der Waals surface area contributed by atoms with Gasteiger partial charge in [-0.3, -0.25) is 9.25 Å². The van der Waals surface area contributed by atoms with Crippen LogP contribution in [0.5, 0.6) is 11.5 Å². The van der Waals surface area contributed by atoms with E-state index in [1.807, 2.05) is 48.9 Å². The summed E-state index contributed by atoms with van der Waals surface area (Å²) in [6.07, 6.45) is 0.530. The Hall–Kier alpha value is -3.85. The molecule has 5 rings (SSSR count). The first kappa shape index (κ1) is 22.9. The van der Waals surface area contributed by atoms with Gasteiger partial charge in [-0.1, -0.05) is 29.8 Å². The summed E-state index contributed by atoms with van der Waals surface area (Å²) in [6, 6.07) is 13.1. The van der Waals surface area contributed by atoms with E-state index >= 15 is 0 Å². The predicted octanol–water partition coefficient (Wildman–Crippen LogP) is 3.82. The number of hydrogen-bond acceptors (Lipinski definition) is 6. The van der Waals surface area contributed by atoms with Crippen molar-refractivity contribution in [3.63, 3.8) is 0 Å². The average molecular weight is 493 g/mol. The van der Waals surface area contributed by atoms with Crippen molar-refractivity contribution in [3.05, 3.63) is 80.7 Å². The van der Waals surface area contributed by atoms with E-state index in [4.69, 9.17) is 26.1 Å². The second-order valence-corrected chi connectivity index (χ2v) is 8.76. The molecule has 180 valence electrons. The Kier molecular flexibility index (Phi) is 5.94. The minimum absolute atomic E-state index is 0.265. The maximum Gasteiger partial charge on any atom is 0.351 e. The lowest BCUT2D eigenvalue weighted by molar-refractivity contribution is 0.355. The number of methoxy groups -OCH3 is 2. The molecule has 0 atom stereocenters. The zero-order valence-electron chi connectivity index (χ0n) is 19.9. The van der Waals surface area contributed by atoms with Crippen LogP contribution >= 0.6 is 11.6 Å². The largest absolute Gasteiger partial charge is 0.493 e. The van der Waals surface area contributed by atoms with Crippen LogP contribution in [0.1, 0.15) is 22.8 Å². The van der Waals surface area contributed by atoms with Crippen molar-refractivity contribution in [3.8, 4) is 11.5 Å². The van der Waals surface area contributed by atoms with Gasteiger partial charge in [0.1, 0.15) is 0 Å². The summed E-state index contributed by atoms with van der Waals surface area (Å²) in [5.41, 5.74) is 3.64. The maximum atomic E-state index is 13.6.